The van der Waals surface area contributed by atoms with Gasteiger partial charge in [0.1, 0.15) is 0 Å². The Kier molecular flexibility index (Phi) is 7.47. The average molecular weight is 594 g/mol. The Labute approximate surface area is 265 Å². The van der Waals surface area contributed by atoms with E-state index >= 15 is 0 Å². The minimum atomic E-state index is -0.0444. The second-order valence-electron chi connectivity index (χ2n) is 12.7. The zero-order valence-electron chi connectivity index (χ0n) is 25.0. The van der Waals surface area contributed by atoms with E-state index in [0.717, 1.165) is 25.7 Å². The fourth-order valence-electron chi connectivity index (χ4n) is 8.15. The lowest BCUT2D eigenvalue weighted by molar-refractivity contribution is 0.466. The molecule has 1 fully saturated rings. The molecule has 1 aromatic carbocycles. The molecule has 0 amide bonds. The van der Waals surface area contributed by atoms with E-state index in [-0.39, 0.29) is 5.92 Å². The van der Waals surface area contributed by atoms with Gasteiger partial charge in [0.15, 0.2) is 0 Å². The molecule has 5 aliphatic carbocycles. The molecule has 2 heterocycles. The Morgan fingerprint density at radius 1 is 0.932 bits per heavy atom. The van der Waals surface area contributed by atoms with Crippen molar-refractivity contribution in [2.45, 2.75) is 48.0 Å². The van der Waals surface area contributed by atoms with Crippen LogP contribution in [0.3, 0.4) is 0 Å². The molecule has 0 radical (unpaired) electrons. The molecule has 2 aromatic rings. The van der Waals surface area contributed by atoms with Gasteiger partial charge in [-0.25, -0.2) is 0 Å². The Morgan fingerprint density at radius 2 is 1.82 bits per heavy atom. The van der Waals surface area contributed by atoms with Crippen molar-refractivity contribution in [2.24, 2.45) is 22.7 Å². The first kappa shape index (κ1) is 27.6. The zero-order valence-corrected chi connectivity index (χ0v) is 25.8. The molecule has 7 atom stereocenters. The van der Waals surface area contributed by atoms with Crippen LogP contribution in [0.25, 0.3) is 12.2 Å². The van der Waals surface area contributed by atoms with Crippen molar-refractivity contribution in [1.29, 1.82) is 5.41 Å². The number of aromatic nitrogens is 1. The largest absolute Gasteiger partial charge is 0.312 e. The van der Waals surface area contributed by atoms with E-state index in [1.165, 1.54) is 33.6 Å². The van der Waals surface area contributed by atoms with Crippen LogP contribution in [0, 0.1) is 23.2 Å². The number of fused-ring (bicyclic) bond motifs is 6. The van der Waals surface area contributed by atoms with Gasteiger partial charge < -0.3 is 9.98 Å². The SMILES string of the molecule is N=CC(C/N=C/n1c2c(c3c1C=CC(C1C=CC=C4C5C=CC=CC5SC41)C3)CCC=C2)c1ccccc1C1C=CC=CC1. The molecule has 8 rings (SSSR count). The molecule has 4 heteroatoms. The Bertz CT molecular complexity index is 1740. The minimum Gasteiger partial charge on any atom is -0.312 e. The predicted octanol–water partition coefficient (Wildman–Crippen LogP) is 8.88. The van der Waals surface area contributed by atoms with E-state index < -0.39 is 0 Å². The second kappa shape index (κ2) is 11.9. The third kappa shape index (κ3) is 4.84. The summed E-state index contributed by atoms with van der Waals surface area (Å²) in [5, 5.41) is 9.44. The van der Waals surface area contributed by atoms with E-state index in [9.17, 15) is 0 Å². The number of allylic oxidation sites excluding steroid dienone is 12. The first-order chi connectivity index (χ1) is 21.8. The quantitative estimate of drug-likeness (QED) is 0.253. The van der Waals surface area contributed by atoms with Gasteiger partial charge in [0.25, 0.3) is 0 Å². The molecular weight excluding hydrogens is 555 g/mol. The Balaban J connectivity index is 1.05. The lowest BCUT2D eigenvalue weighted by Crippen LogP contribution is -2.28. The van der Waals surface area contributed by atoms with Gasteiger partial charge in [-0.2, -0.15) is 0 Å². The molecule has 0 saturated carbocycles. The lowest BCUT2D eigenvalue weighted by Gasteiger charge is -2.32. The van der Waals surface area contributed by atoms with Gasteiger partial charge in [-0.3, -0.25) is 4.99 Å². The van der Waals surface area contributed by atoms with Crippen LogP contribution in [-0.2, 0) is 12.8 Å². The van der Waals surface area contributed by atoms with Crippen LogP contribution in [0.15, 0.2) is 114 Å². The first-order valence-corrected chi connectivity index (χ1v) is 17.2. The topological polar surface area (TPSA) is 41.1 Å². The highest BCUT2D eigenvalue weighted by Gasteiger charge is 2.44. The van der Waals surface area contributed by atoms with Crippen molar-refractivity contribution in [1.82, 2.24) is 4.57 Å². The fraction of sp³-hybridized carbons (Fsp3) is 0.300. The molecule has 0 bridgehead atoms. The van der Waals surface area contributed by atoms with Gasteiger partial charge in [-0.05, 0) is 77.5 Å². The molecule has 6 aliphatic rings. The third-order valence-electron chi connectivity index (χ3n) is 10.3. The van der Waals surface area contributed by atoms with Gasteiger partial charge >= 0.3 is 0 Å². The summed E-state index contributed by atoms with van der Waals surface area (Å²) in [6.45, 7) is 0.566. The molecule has 44 heavy (non-hydrogen) atoms. The minimum absolute atomic E-state index is 0.0444. The summed E-state index contributed by atoms with van der Waals surface area (Å²) in [6.07, 6.45) is 42.6. The number of aliphatic imine (C=N–C) groups is 1. The van der Waals surface area contributed by atoms with Crippen LogP contribution in [0.2, 0.25) is 0 Å². The van der Waals surface area contributed by atoms with Crippen LogP contribution < -0.4 is 0 Å². The molecule has 220 valence electrons. The third-order valence-corrected chi connectivity index (χ3v) is 12.0. The maximum absolute atomic E-state index is 8.31. The highest BCUT2D eigenvalue weighted by atomic mass is 32.2. The number of nitrogens with one attached hydrogen (secondary N) is 1. The summed E-state index contributed by atoms with van der Waals surface area (Å²) in [5.74, 6) is 1.88. The highest BCUT2D eigenvalue weighted by Crippen LogP contribution is 2.52. The van der Waals surface area contributed by atoms with Crippen molar-refractivity contribution in [3.8, 4) is 0 Å². The molecule has 3 nitrogen and oxygen atoms in total. The van der Waals surface area contributed by atoms with Crippen molar-refractivity contribution < 1.29 is 0 Å². The van der Waals surface area contributed by atoms with Crippen LogP contribution in [0.5, 0.6) is 0 Å². The van der Waals surface area contributed by atoms with Crippen molar-refractivity contribution >= 4 is 36.5 Å². The summed E-state index contributed by atoms with van der Waals surface area (Å²) in [7, 11) is 0. The molecular formula is C40H39N3S. The molecule has 1 aliphatic heterocycles. The number of rotatable bonds is 7. The normalized spacial score (nSPS) is 29.8. The van der Waals surface area contributed by atoms with E-state index in [2.05, 4.69) is 132 Å². The Morgan fingerprint density at radius 3 is 2.73 bits per heavy atom. The molecule has 1 aromatic heterocycles. The maximum Gasteiger partial charge on any atom is 0.0940 e. The summed E-state index contributed by atoms with van der Waals surface area (Å²) in [4.78, 5) is 5.01. The van der Waals surface area contributed by atoms with E-state index in [1.807, 2.05) is 6.34 Å². The molecule has 1 N–H and O–H groups in total. The monoisotopic (exact) mass is 593 g/mol. The van der Waals surface area contributed by atoms with Gasteiger partial charge in [0, 0.05) is 34.5 Å². The number of benzene rings is 1. The van der Waals surface area contributed by atoms with Crippen molar-refractivity contribution in [3.63, 3.8) is 0 Å². The van der Waals surface area contributed by atoms with Crippen LogP contribution >= 0.6 is 11.8 Å². The van der Waals surface area contributed by atoms with Crippen LogP contribution in [0.4, 0.5) is 0 Å². The highest BCUT2D eigenvalue weighted by molar-refractivity contribution is 8.01. The van der Waals surface area contributed by atoms with E-state index in [4.69, 9.17) is 10.4 Å². The fourth-order valence-corrected chi connectivity index (χ4v) is 9.95. The number of hydrogen-bond acceptors (Lipinski definition) is 3. The summed E-state index contributed by atoms with van der Waals surface area (Å²) < 4.78 is 2.32. The summed E-state index contributed by atoms with van der Waals surface area (Å²) in [5.41, 5.74) is 9.74. The van der Waals surface area contributed by atoms with E-state index in [0.29, 0.717) is 40.7 Å². The van der Waals surface area contributed by atoms with Crippen molar-refractivity contribution in [3.05, 3.63) is 142 Å². The van der Waals surface area contributed by atoms with Gasteiger partial charge in [-0.1, -0.05) is 103 Å². The summed E-state index contributed by atoms with van der Waals surface area (Å²) in [6, 6.07) is 8.62. The lowest BCUT2D eigenvalue weighted by atomic mass is 9.74. The van der Waals surface area contributed by atoms with Crippen molar-refractivity contribution in [2.75, 3.05) is 6.54 Å². The molecule has 1 saturated heterocycles. The number of hydrogen-bond donors (Lipinski definition) is 1. The second-order valence-corrected chi connectivity index (χ2v) is 14.1. The maximum atomic E-state index is 8.31. The Hall–Kier alpha value is -3.89. The van der Waals surface area contributed by atoms with Gasteiger partial charge in [0.05, 0.1) is 24.3 Å². The van der Waals surface area contributed by atoms with Gasteiger partial charge in [0.2, 0.25) is 0 Å². The van der Waals surface area contributed by atoms with E-state index in [1.54, 1.807) is 11.8 Å². The average Bonchev–Trinajstić information content (AvgIpc) is 3.63. The summed E-state index contributed by atoms with van der Waals surface area (Å²) >= 11 is 2.17. The molecule has 0 spiro atoms. The smallest absolute Gasteiger partial charge is 0.0940 e. The number of nitrogens with zero attached hydrogens (tertiary/aromatic N) is 2. The predicted molar refractivity (Wildman–Crippen MR) is 188 cm³/mol. The zero-order chi connectivity index (χ0) is 29.5. The van der Waals surface area contributed by atoms with Crippen LogP contribution in [-0.4, -0.2) is 34.2 Å². The number of thioether (sulfide) groups is 1. The standard InChI is InChI=1S/C40H39N3S/c41-24-29(31-14-5-4-13-30(31)27-11-2-1-3-12-27)25-42-26-43-37-19-8-6-15-33(37)36-23-28(21-22-38(36)43)32-17-10-18-35-34-16-7-9-20-39(34)44-40(32)35/h1-5,7-11,13-14,16-22,24,26-29,32,34,39-41H,6,12,15,23,25H2/b41-24?,42-26+. The first-order valence-electron chi connectivity index (χ1n) is 16.2. The van der Waals surface area contributed by atoms with Crippen LogP contribution in [0.1, 0.15) is 58.3 Å². The molecule has 7 unspecified atom stereocenters. The van der Waals surface area contributed by atoms with Gasteiger partial charge in [-0.15, -0.1) is 11.8 Å².